The molecule has 0 fully saturated rings. The highest BCUT2D eigenvalue weighted by molar-refractivity contribution is 5.81. The van der Waals surface area contributed by atoms with Crippen LogP contribution in [0.3, 0.4) is 0 Å². The fraction of sp³-hybridized carbons (Fsp3) is 0.909. The standard InChI is InChI=1S/C11H24N2O2/c1-4-10(6-7-14)8-13-9(3)11(15)12-5-2/h9-10,13-14H,4-8H2,1-3H3,(H,12,15). The highest BCUT2D eigenvalue weighted by atomic mass is 16.3. The van der Waals surface area contributed by atoms with E-state index in [-0.39, 0.29) is 18.6 Å². The molecule has 3 N–H and O–H groups in total. The van der Waals surface area contributed by atoms with Gasteiger partial charge in [-0.05, 0) is 32.7 Å². The van der Waals surface area contributed by atoms with Crippen molar-refractivity contribution in [2.24, 2.45) is 5.92 Å². The largest absolute Gasteiger partial charge is 0.396 e. The summed E-state index contributed by atoms with van der Waals surface area (Å²) >= 11 is 0. The van der Waals surface area contributed by atoms with Crippen LogP contribution in [-0.2, 0) is 4.79 Å². The normalized spacial score (nSPS) is 14.7. The Bertz CT molecular complexity index is 174. The van der Waals surface area contributed by atoms with Gasteiger partial charge in [-0.25, -0.2) is 0 Å². The summed E-state index contributed by atoms with van der Waals surface area (Å²) in [7, 11) is 0. The Hall–Kier alpha value is -0.610. The molecular weight excluding hydrogens is 192 g/mol. The number of carbonyl (C=O) groups is 1. The third-order valence-corrected chi connectivity index (χ3v) is 2.57. The molecular formula is C11H24N2O2. The summed E-state index contributed by atoms with van der Waals surface area (Å²) in [6, 6.07) is -0.155. The molecule has 90 valence electrons. The van der Waals surface area contributed by atoms with E-state index in [0.717, 1.165) is 19.4 Å². The Labute approximate surface area is 92.4 Å². The van der Waals surface area contributed by atoms with Gasteiger partial charge in [0.25, 0.3) is 0 Å². The van der Waals surface area contributed by atoms with E-state index in [1.54, 1.807) is 0 Å². The van der Waals surface area contributed by atoms with Crippen molar-refractivity contribution in [3.8, 4) is 0 Å². The van der Waals surface area contributed by atoms with Crippen LogP contribution in [0, 0.1) is 5.92 Å². The maximum atomic E-state index is 11.4. The first-order valence-corrected chi connectivity index (χ1v) is 5.77. The molecule has 0 saturated heterocycles. The number of likely N-dealkylation sites (N-methyl/N-ethyl adjacent to an activating group) is 1. The minimum Gasteiger partial charge on any atom is -0.396 e. The molecule has 0 radical (unpaired) electrons. The number of hydrogen-bond acceptors (Lipinski definition) is 3. The lowest BCUT2D eigenvalue weighted by atomic mass is 10.0. The Morgan fingerprint density at radius 2 is 2.07 bits per heavy atom. The van der Waals surface area contributed by atoms with Gasteiger partial charge >= 0.3 is 0 Å². The van der Waals surface area contributed by atoms with E-state index >= 15 is 0 Å². The van der Waals surface area contributed by atoms with Crippen molar-refractivity contribution >= 4 is 5.91 Å². The van der Waals surface area contributed by atoms with Crippen LogP contribution in [0.15, 0.2) is 0 Å². The van der Waals surface area contributed by atoms with Crippen LogP contribution in [-0.4, -0.2) is 36.8 Å². The summed E-state index contributed by atoms with van der Waals surface area (Å²) in [6.45, 7) is 7.53. The molecule has 0 aromatic carbocycles. The summed E-state index contributed by atoms with van der Waals surface area (Å²) < 4.78 is 0. The summed E-state index contributed by atoms with van der Waals surface area (Å²) in [4.78, 5) is 11.4. The van der Waals surface area contributed by atoms with Crippen molar-refractivity contribution in [1.82, 2.24) is 10.6 Å². The summed E-state index contributed by atoms with van der Waals surface area (Å²) in [5.74, 6) is 0.489. The van der Waals surface area contributed by atoms with Crippen molar-refractivity contribution in [2.45, 2.75) is 39.7 Å². The van der Waals surface area contributed by atoms with Crippen molar-refractivity contribution < 1.29 is 9.90 Å². The number of aliphatic hydroxyl groups is 1. The highest BCUT2D eigenvalue weighted by Gasteiger charge is 2.13. The van der Waals surface area contributed by atoms with E-state index in [9.17, 15) is 4.79 Å². The van der Waals surface area contributed by atoms with E-state index < -0.39 is 0 Å². The molecule has 0 aliphatic rings. The maximum absolute atomic E-state index is 11.4. The van der Waals surface area contributed by atoms with E-state index in [0.29, 0.717) is 12.5 Å². The molecule has 0 saturated carbocycles. The SMILES string of the molecule is CCNC(=O)C(C)NCC(CC)CCO. The smallest absolute Gasteiger partial charge is 0.236 e. The van der Waals surface area contributed by atoms with E-state index in [1.165, 1.54) is 0 Å². The van der Waals surface area contributed by atoms with Crippen LogP contribution in [0.5, 0.6) is 0 Å². The first-order valence-electron chi connectivity index (χ1n) is 5.77. The van der Waals surface area contributed by atoms with Crippen LogP contribution in [0.1, 0.15) is 33.6 Å². The van der Waals surface area contributed by atoms with Gasteiger partial charge in [0.05, 0.1) is 6.04 Å². The van der Waals surface area contributed by atoms with Crippen LogP contribution < -0.4 is 10.6 Å². The molecule has 0 heterocycles. The summed E-state index contributed by atoms with van der Waals surface area (Å²) in [6.07, 6.45) is 1.82. The van der Waals surface area contributed by atoms with E-state index in [2.05, 4.69) is 17.6 Å². The molecule has 4 heteroatoms. The van der Waals surface area contributed by atoms with Gasteiger partial charge < -0.3 is 15.7 Å². The molecule has 4 nitrogen and oxygen atoms in total. The second kappa shape index (κ2) is 8.68. The molecule has 0 aromatic rings. The second-order valence-corrected chi connectivity index (χ2v) is 3.81. The number of hydrogen-bond donors (Lipinski definition) is 3. The van der Waals surface area contributed by atoms with Gasteiger partial charge in [0.15, 0.2) is 0 Å². The molecule has 0 aliphatic heterocycles. The minimum absolute atomic E-state index is 0.0383. The van der Waals surface area contributed by atoms with Gasteiger partial charge in [-0.15, -0.1) is 0 Å². The van der Waals surface area contributed by atoms with E-state index in [1.807, 2.05) is 13.8 Å². The Balaban J connectivity index is 3.76. The second-order valence-electron chi connectivity index (χ2n) is 3.81. The number of rotatable bonds is 8. The van der Waals surface area contributed by atoms with Gasteiger partial charge in [-0.2, -0.15) is 0 Å². The molecule has 0 bridgehead atoms. The zero-order chi connectivity index (χ0) is 11.7. The summed E-state index contributed by atoms with van der Waals surface area (Å²) in [5, 5.41) is 14.8. The van der Waals surface area contributed by atoms with Crippen LogP contribution >= 0.6 is 0 Å². The highest BCUT2D eigenvalue weighted by Crippen LogP contribution is 2.05. The zero-order valence-electron chi connectivity index (χ0n) is 10.0. The zero-order valence-corrected chi connectivity index (χ0v) is 10.0. The lowest BCUT2D eigenvalue weighted by Gasteiger charge is -2.18. The monoisotopic (exact) mass is 216 g/mol. The number of nitrogens with one attached hydrogen (secondary N) is 2. The van der Waals surface area contributed by atoms with Crippen LogP contribution in [0.4, 0.5) is 0 Å². The van der Waals surface area contributed by atoms with Gasteiger partial charge in [0, 0.05) is 13.2 Å². The first-order chi connectivity index (χ1) is 7.15. The van der Waals surface area contributed by atoms with Crippen LogP contribution in [0.25, 0.3) is 0 Å². The van der Waals surface area contributed by atoms with Crippen molar-refractivity contribution in [3.63, 3.8) is 0 Å². The lowest BCUT2D eigenvalue weighted by molar-refractivity contribution is -0.122. The third kappa shape index (κ3) is 6.47. The molecule has 0 aliphatic carbocycles. The number of carbonyl (C=O) groups excluding carboxylic acids is 1. The molecule has 2 unspecified atom stereocenters. The fourth-order valence-electron chi connectivity index (χ4n) is 1.40. The average Bonchev–Trinajstić information content (AvgIpc) is 2.24. The van der Waals surface area contributed by atoms with Gasteiger partial charge in [-0.3, -0.25) is 4.79 Å². The third-order valence-electron chi connectivity index (χ3n) is 2.57. The fourth-order valence-corrected chi connectivity index (χ4v) is 1.40. The predicted molar refractivity (Wildman–Crippen MR) is 61.6 cm³/mol. The molecule has 0 rings (SSSR count). The van der Waals surface area contributed by atoms with Gasteiger partial charge in [-0.1, -0.05) is 13.3 Å². The Morgan fingerprint density at radius 3 is 2.53 bits per heavy atom. The minimum atomic E-state index is -0.155. The molecule has 1 amide bonds. The Kier molecular flexibility index (Phi) is 8.33. The molecule has 2 atom stereocenters. The van der Waals surface area contributed by atoms with E-state index in [4.69, 9.17) is 5.11 Å². The topological polar surface area (TPSA) is 61.4 Å². The van der Waals surface area contributed by atoms with Gasteiger partial charge in [0.1, 0.15) is 0 Å². The average molecular weight is 216 g/mol. The molecule has 15 heavy (non-hydrogen) atoms. The van der Waals surface area contributed by atoms with Crippen molar-refractivity contribution in [3.05, 3.63) is 0 Å². The maximum Gasteiger partial charge on any atom is 0.236 e. The van der Waals surface area contributed by atoms with Crippen molar-refractivity contribution in [2.75, 3.05) is 19.7 Å². The van der Waals surface area contributed by atoms with Gasteiger partial charge in [0.2, 0.25) is 5.91 Å². The quantitative estimate of drug-likeness (QED) is 0.554. The Morgan fingerprint density at radius 1 is 1.40 bits per heavy atom. The van der Waals surface area contributed by atoms with Crippen molar-refractivity contribution in [1.29, 1.82) is 0 Å². The lowest BCUT2D eigenvalue weighted by Crippen LogP contribution is -2.43. The summed E-state index contributed by atoms with van der Waals surface area (Å²) in [5.41, 5.74) is 0. The predicted octanol–water partition coefficient (Wildman–Crippen LogP) is 0.509. The molecule has 0 aromatic heterocycles. The number of aliphatic hydroxyl groups excluding tert-OH is 1. The van der Waals surface area contributed by atoms with Crippen LogP contribution in [0.2, 0.25) is 0 Å². The first kappa shape index (κ1) is 14.4. The molecule has 0 spiro atoms. The number of amides is 1.